The second-order valence-corrected chi connectivity index (χ2v) is 8.13. The van der Waals surface area contributed by atoms with E-state index in [1.165, 1.54) is 12.1 Å². The van der Waals surface area contributed by atoms with Crippen LogP contribution in [0.4, 0.5) is 0 Å². The highest BCUT2D eigenvalue weighted by Gasteiger charge is 2.36. The summed E-state index contributed by atoms with van der Waals surface area (Å²) in [5.41, 5.74) is 6.11. The minimum atomic E-state index is -3.62. The predicted molar refractivity (Wildman–Crippen MR) is 89.1 cm³/mol. The SMILES string of the molecule is CC1CCCC(C)N1S(=O)(=O)c1ccc(C(N)=S)cc1Cl. The van der Waals surface area contributed by atoms with Gasteiger partial charge in [-0.1, -0.05) is 36.3 Å². The van der Waals surface area contributed by atoms with Crippen LogP contribution in [0.1, 0.15) is 38.7 Å². The molecule has 1 aromatic carbocycles. The van der Waals surface area contributed by atoms with Crippen LogP contribution in [0.3, 0.4) is 0 Å². The molecule has 0 aromatic heterocycles. The van der Waals surface area contributed by atoms with Crippen molar-refractivity contribution in [2.24, 2.45) is 5.73 Å². The highest BCUT2D eigenvalue weighted by molar-refractivity contribution is 7.89. The van der Waals surface area contributed by atoms with Crippen LogP contribution in [0.2, 0.25) is 5.02 Å². The van der Waals surface area contributed by atoms with E-state index in [2.05, 4.69) is 0 Å². The van der Waals surface area contributed by atoms with E-state index in [0.29, 0.717) is 5.56 Å². The summed E-state index contributed by atoms with van der Waals surface area (Å²) in [7, 11) is -3.62. The molecule has 0 bridgehead atoms. The average Bonchev–Trinajstić information content (AvgIpc) is 2.37. The maximum atomic E-state index is 12.9. The summed E-state index contributed by atoms with van der Waals surface area (Å²) in [6.07, 6.45) is 2.78. The summed E-state index contributed by atoms with van der Waals surface area (Å²) < 4.78 is 27.3. The normalized spacial score (nSPS) is 24.0. The molecule has 2 N–H and O–H groups in total. The third-order valence-electron chi connectivity index (χ3n) is 3.88. The number of rotatable bonds is 3. The smallest absolute Gasteiger partial charge is 0.245 e. The lowest BCUT2D eigenvalue weighted by Crippen LogP contribution is -2.47. The van der Waals surface area contributed by atoms with Crippen molar-refractivity contribution in [3.8, 4) is 0 Å². The lowest BCUT2D eigenvalue weighted by Gasteiger charge is -2.37. The fourth-order valence-electron chi connectivity index (χ4n) is 2.85. The van der Waals surface area contributed by atoms with Crippen LogP contribution < -0.4 is 5.73 Å². The van der Waals surface area contributed by atoms with Gasteiger partial charge in [0.1, 0.15) is 9.88 Å². The van der Waals surface area contributed by atoms with Crippen LogP contribution in [0.15, 0.2) is 23.1 Å². The quantitative estimate of drug-likeness (QED) is 0.855. The van der Waals surface area contributed by atoms with Crippen molar-refractivity contribution in [3.05, 3.63) is 28.8 Å². The standard InChI is InChI=1S/C14H19ClN2O2S2/c1-9-4-3-5-10(2)17(9)21(18,19)13-7-6-11(14(16)20)8-12(13)15/h6-10H,3-5H2,1-2H3,(H2,16,20). The Morgan fingerprint density at radius 2 is 1.90 bits per heavy atom. The number of piperidine rings is 1. The molecule has 7 heteroatoms. The first kappa shape index (κ1) is 16.7. The highest BCUT2D eigenvalue weighted by Crippen LogP contribution is 2.32. The Balaban J connectivity index is 2.46. The Kier molecular flexibility index (Phi) is 4.92. The fourth-order valence-corrected chi connectivity index (χ4v) is 5.38. The van der Waals surface area contributed by atoms with E-state index in [0.717, 1.165) is 19.3 Å². The van der Waals surface area contributed by atoms with E-state index in [4.69, 9.17) is 29.6 Å². The fraction of sp³-hybridized carbons (Fsp3) is 0.500. The van der Waals surface area contributed by atoms with Crippen LogP contribution in [0.5, 0.6) is 0 Å². The molecule has 1 aliphatic rings. The van der Waals surface area contributed by atoms with Gasteiger partial charge in [-0.25, -0.2) is 8.42 Å². The number of benzene rings is 1. The van der Waals surface area contributed by atoms with E-state index in [9.17, 15) is 8.42 Å². The summed E-state index contributed by atoms with van der Waals surface area (Å²) in [6.45, 7) is 3.87. The van der Waals surface area contributed by atoms with Gasteiger partial charge in [0.15, 0.2) is 0 Å². The Morgan fingerprint density at radius 3 is 2.38 bits per heavy atom. The van der Waals surface area contributed by atoms with Gasteiger partial charge in [-0.2, -0.15) is 4.31 Å². The third kappa shape index (κ3) is 3.23. The van der Waals surface area contributed by atoms with Gasteiger partial charge in [0.25, 0.3) is 0 Å². The van der Waals surface area contributed by atoms with Gasteiger partial charge in [0.05, 0.1) is 5.02 Å². The molecule has 0 radical (unpaired) electrons. The number of sulfonamides is 1. The topological polar surface area (TPSA) is 63.4 Å². The zero-order valence-corrected chi connectivity index (χ0v) is 14.4. The Hall–Kier alpha value is -0.690. The minimum absolute atomic E-state index is 0.0231. The van der Waals surface area contributed by atoms with Crippen LogP contribution in [-0.4, -0.2) is 29.8 Å². The van der Waals surface area contributed by atoms with E-state index in [1.54, 1.807) is 10.4 Å². The molecule has 4 nitrogen and oxygen atoms in total. The van der Waals surface area contributed by atoms with Gasteiger partial charge in [-0.3, -0.25) is 0 Å². The summed E-state index contributed by atoms with van der Waals surface area (Å²) in [5, 5.41) is 0.158. The van der Waals surface area contributed by atoms with E-state index >= 15 is 0 Å². The minimum Gasteiger partial charge on any atom is -0.389 e. The zero-order valence-electron chi connectivity index (χ0n) is 12.0. The van der Waals surface area contributed by atoms with Gasteiger partial charge in [-0.05, 0) is 38.8 Å². The van der Waals surface area contributed by atoms with E-state index in [1.807, 2.05) is 13.8 Å². The van der Waals surface area contributed by atoms with Crippen LogP contribution in [0.25, 0.3) is 0 Å². The zero-order chi connectivity index (χ0) is 15.8. The number of hydrogen-bond donors (Lipinski definition) is 1. The number of nitrogens with zero attached hydrogens (tertiary/aromatic N) is 1. The number of hydrogen-bond acceptors (Lipinski definition) is 3. The molecular weight excluding hydrogens is 328 g/mol. The average molecular weight is 347 g/mol. The largest absolute Gasteiger partial charge is 0.389 e. The first-order valence-electron chi connectivity index (χ1n) is 6.88. The number of halogens is 1. The summed E-state index contributed by atoms with van der Waals surface area (Å²) in [4.78, 5) is 0.310. The molecular formula is C14H19ClN2O2S2. The van der Waals surface area contributed by atoms with Crippen LogP contribution in [0, 0.1) is 0 Å². The van der Waals surface area contributed by atoms with Gasteiger partial charge >= 0.3 is 0 Å². The maximum absolute atomic E-state index is 12.9. The van der Waals surface area contributed by atoms with Crippen LogP contribution >= 0.6 is 23.8 Å². The van der Waals surface area contributed by atoms with Crippen molar-refractivity contribution in [3.63, 3.8) is 0 Å². The highest BCUT2D eigenvalue weighted by atomic mass is 35.5. The predicted octanol–water partition coefficient (Wildman–Crippen LogP) is 2.93. The number of nitrogens with two attached hydrogens (primary N) is 1. The molecule has 1 saturated heterocycles. The summed E-state index contributed by atoms with van der Waals surface area (Å²) in [5.74, 6) is 0. The molecule has 2 unspecified atom stereocenters. The lowest BCUT2D eigenvalue weighted by molar-refractivity contribution is 0.204. The van der Waals surface area contributed by atoms with Gasteiger partial charge in [-0.15, -0.1) is 0 Å². The molecule has 116 valence electrons. The maximum Gasteiger partial charge on any atom is 0.245 e. The van der Waals surface area contributed by atoms with Crippen molar-refractivity contribution in [1.82, 2.24) is 4.31 Å². The van der Waals surface area contributed by atoms with Crippen molar-refractivity contribution in [2.75, 3.05) is 0 Å². The summed E-state index contributed by atoms with van der Waals surface area (Å²) >= 11 is 11.0. The Labute approximate surface area is 136 Å². The molecule has 1 aromatic rings. The van der Waals surface area contributed by atoms with Crippen molar-refractivity contribution in [2.45, 2.75) is 50.1 Å². The van der Waals surface area contributed by atoms with Gasteiger partial charge in [0.2, 0.25) is 10.0 Å². The third-order valence-corrected chi connectivity index (χ3v) is 6.73. The molecule has 2 atom stereocenters. The summed E-state index contributed by atoms with van der Waals surface area (Å²) in [6, 6.07) is 4.55. The second-order valence-electron chi connectivity index (χ2n) is 5.47. The molecule has 0 aliphatic carbocycles. The molecule has 21 heavy (non-hydrogen) atoms. The molecule has 1 aliphatic heterocycles. The van der Waals surface area contributed by atoms with Gasteiger partial charge in [0, 0.05) is 17.6 Å². The first-order chi connectivity index (χ1) is 9.75. The molecule has 0 amide bonds. The van der Waals surface area contributed by atoms with Crippen molar-refractivity contribution >= 4 is 38.8 Å². The van der Waals surface area contributed by atoms with E-state index < -0.39 is 10.0 Å². The Bertz CT molecular complexity index is 651. The van der Waals surface area contributed by atoms with Gasteiger partial charge < -0.3 is 5.73 Å². The van der Waals surface area contributed by atoms with Crippen molar-refractivity contribution in [1.29, 1.82) is 0 Å². The van der Waals surface area contributed by atoms with Crippen molar-refractivity contribution < 1.29 is 8.42 Å². The Morgan fingerprint density at radius 1 is 1.33 bits per heavy atom. The molecule has 1 fully saturated rings. The van der Waals surface area contributed by atoms with Crippen LogP contribution in [-0.2, 0) is 10.0 Å². The van der Waals surface area contributed by atoms with E-state index in [-0.39, 0.29) is 27.0 Å². The number of thiocarbonyl (C=S) groups is 1. The molecule has 0 spiro atoms. The molecule has 2 rings (SSSR count). The molecule has 0 saturated carbocycles. The first-order valence-corrected chi connectivity index (χ1v) is 9.10. The molecule has 1 heterocycles. The lowest BCUT2D eigenvalue weighted by atomic mass is 10.0. The second kappa shape index (κ2) is 6.20. The monoisotopic (exact) mass is 346 g/mol.